The number of urea groups is 1. The summed E-state index contributed by atoms with van der Waals surface area (Å²) in [4.78, 5) is 16.7. The zero-order valence-corrected chi connectivity index (χ0v) is 13.4. The molecule has 116 valence electrons. The van der Waals surface area contributed by atoms with Crippen LogP contribution < -0.4 is 5.32 Å². The summed E-state index contributed by atoms with van der Waals surface area (Å²) < 4.78 is 0. The largest absolute Gasteiger partial charge is 0.334 e. The Bertz CT molecular complexity index is 313. The first-order chi connectivity index (χ1) is 9.54. The molecule has 4 nitrogen and oxygen atoms in total. The summed E-state index contributed by atoms with van der Waals surface area (Å²) in [5.74, 6) is 1.57. The third-order valence-corrected chi connectivity index (χ3v) is 4.71. The van der Waals surface area contributed by atoms with Crippen molar-refractivity contribution in [1.82, 2.24) is 15.1 Å². The van der Waals surface area contributed by atoms with E-state index in [-0.39, 0.29) is 12.1 Å². The van der Waals surface area contributed by atoms with Crippen LogP contribution in [0.5, 0.6) is 0 Å². The molecular formula is C16H31N3O. The SMILES string of the molecule is CC1CCN(C(=O)NC(C)CN2CCCC(C)C2)CC1. The number of piperidine rings is 2. The minimum absolute atomic E-state index is 0.134. The van der Waals surface area contributed by atoms with Gasteiger partial charge in [0.15, 0.2) is 0 Å². The van der Waals surface area contributed by atoms with Crippen LogP contribution >= 0.6 is 0 Å². The first-order valence-electron chi connectivity index (χ1n) is 8.32. The number of nitrogens with zero attached hydrogens (tertiary/aromatic N) is 2. The third-order valence-electron chi connectivity index (χ3n) is 4.71. The number of carbonyl (C=O) groups excluding carboxylic acids is 1. The van der Waals surface area contributed by atoms with Crippen LogP contribution in [0.4, 0.5) is 4.79 Å². The van der Waals surface area contributed by atoms with Gasteiger partial charge in [0.25, 0.3) is 0 Å². The summed E-state index contributed by atoms with van der Waals surface area (Å²) in [6, 6.07) is 0.376. The van der Waals surface area contributed by atoms with Crippen molar-refractivity contribution in [2.45, 2.75) is 52.5 Å². The predicted octanol–water partition coefficient (Wildman–Crippen LogP) is 2.55. The van der Waals surface area contributed by atoms with Crippen molar-refractivity contribution in [2.24, 2.45) is 11.8 Å². The number of hydrogen-bond donors (Lipinski definition) is 1. The van der Waals surface area contributed by atoms with Crippen LogP contribution in [-0.4, -0.2) is 54.6 Å². The van der Waals surface area contributed by atoms with Crippen LogP contribution in [0.25, 0.3) is 0 Å². The molecule has 0 aliphatic carbocycles. The lowest BCUT2D eigenvalue weighted by atomic mass is 9.99. The summed E-state index contributed by atoms with van der Waals surface area (Å²) in [6.45, 7) is 11.9. The highest BCUT2D eigenvalue weighted by Gasteiger charge is 2.23. The van der Waals surface area contributed by atoms with Crippen LogP contribution in [0.3, 0.4) is 0 Å². The molecule has 0 aromatic rings. The van der Waals surface area contributed by atoms with E-state index < -0.39 is 0 Å². The average molecular weight is 281 g/mol. The molecule has 20 heavy (non-hydrogen) atoms. The Balaban J connectivity index is 1.70. The zero-order chi connectivity index (χ0) is 14.5. The normalized spacial score (nSPS) is 27.4. The van der Waals surface area contributed by atoms with Crippen LogP contribution in [0.15, 0.2) is 0 Å². The molecule has 2 heterocycles. The van der Waals surface area contributed by atoms with Crippen LogP contribution in [0.1, 0.15) is 46.5 Å². The Kier molecular flexibility index (Phi) is 5.70. The van der Waals surface area contributed by atoms with Crippen LogP contribution in [0, 0.1) is 11.8 Å². The lowest BCUT2D eigenvalue weighted by Gasteiger charge is -2.34. The van der Waals surface area contributed by atoms with Gasteiger partial charge in [-0.05, 0) is 51.0 Å². The maximum atomic E-state index is 12.2. The van der Waals surface area contributed by atoms with Crippen LogP contribution in [-0.2, 0) is 0 Å². The van der Waals surface area contributed by atoms with E-state index in [1.807, 2.05) is 4.90 Å². The maximum absolute atomic E-state index is 12.2. The van der Waals surface area contributed by atoms with Gasteiger partial charge in [-0.1, -0.05) is 13.8 Å². The van der Waals surface area contributed by atoms with Gasteiger partial charge in [-0.25, -0.2) is 4.79 Å². The van der Waals surface area contributed by atoms with Crippen molar-refractivity contribution >= 4 is 6.03 Å². The average Bonchev–Trinajstić information content (AvgIpc) is 2.39. The lowest BCUT2D eigenvalue weighted by Crippen LogP contribution is -2.50. The smallest absolute Gasteiger partial charge is 0.317 e. The molecule has 2 fully saturated rings. The van der Waals surface area contributed by atoms with Gasteiger partial charge >= 0.3 is 6.03 Å². The molecule has 2 saturated heterocycles. The van der Waals surface area contributed by atoms with Gasteiger partial charge in [-0.2, -0.15) is 0 Å². The van der Waals surface area contributed by atoms with Crippen LogP contribution in [0.2, 0.25) is 0 Å². The number of likely N-dealkylation sites (tertiary alicyclic amines) is 2. The Morgan fingerprint density at radius 3 is 2.50 bits per heavy atom. The third kappa shape index (κ3) is 4.65. The molecular weight excluding hydrogens is 250 g/mol. The van der Waals surface area contributed by atoms with Crippen molar-refractivity contribution in [1.29, 1.82) is 0 Å². The topological polar surface area (TPSA) is 35.6 Å². The number of rotatable bonds is 3. The zero-order valence-electron chi connectivity index (χ0n) is 13.4. The van der Waals surface area contributed by atoms with Gasteiger partial charge in [-0.3, -0.25) is 0 Å². The molecule has 2 unspecified atom stereocenters. The molecule has 1 N–H and O–H groups in total. The van der Waals surface area contributed by atoms with E-state index in [1.54, 1.807) is 0 Å². The summed E-state index contributed by atoms with van der Waals surface area (Å²) in [6.07, 6.45) is 4.94. The Morgan fingerprint density at radius 1 is 1.15 bits per heavy atom. The Labute approximate surface area is 123 Å². The van der Waals surface area contributed by atoms with E-state index in [9.17, 15) is 4.79 Å². The molecule has 2 aliphatic heterocycles. The second kappa shape index (κ2) is 7.30. The molecule has 0 spiro atoms. The van der Waals surface area contributed by atoms with Crippen molar-refractivity contribution in [3.63, 3.8) is 0 Å². The van der Waals surface area contributed by atoms with E-state index in [1.165, 1.54) is 25.9 Å². The maximum Gasteiger partial charge on any atom is 0.317 e. The van der Waals surface area contributed by atoms with Gasteiger partial charge in [0, 0.05) is 32.2 Å². The number of nitrogens with one attached hydrogen (secondary N) is 1. The number of amides is 2. The number of carbonyl (C=O) groups is 1. The fraction of sp³-hybridized carbons (Fsp3) is 0.938. The van der Waals surface area contributed by atoms with Gasteiger partial charge in [0.05, 0.1) is 0 Å². The minimum atomic E-state index is 0.134. The first kappa shape index (κ1) is 15.6. The Morgan fingerprint density at radius 2 is 1.85 bits per heavy atom. The molecule has 0 radical (unpaired) electrons. The van der Waals surface area contributed by atoms with E-state index in [4.69, 9.17) is 0 Å². The van der Waals surface area contributed by atoms with E-state index >= 15 is 0 Å². The Hall–Kier alpha value is -0.770. The molecule has 2 atom stereocenters. The summed E-state index contributed by atoms with van der Waals surface area (Å²) in [5.41, 5.74) is 0. The minimum Gasteiger partial charge on any atom is -0.334 e. The first-order valence-corrected chi connectivity index (χ1v) is 8.32. The monoisotopic (exact) mass is 281 g/mol. The molecule has 4 heteroatoms. The van der Waals surface area contributed by atoms with Gasteiger partial charge in [0.2, 0.25) is 0 Å². The van der Waals surface area contributed by atoms with Gasteiger partial charge < -0.3 is 15.1 Å². The van der Waals surface area contributed by atoms with Crippen molar-refractivity contribution in [3.05, 3.63) is 0 Å². The van der Waals surface area contributed by atoms with E-state index in [2.05, 4.69) is 31.0 Å². The standard InChI is InChI=1S/C16H31N3O/c1-13-6-9-19(10-7-13)16(20)17-15(3)12-18-8-4-5-14(2)11-18/h13-15H,4-12H2,1-3H3,(H,17,20). The second-order valence-corrected chi connectivity index (χ2v) is 7.03. The van der Waals surface area contributed by atoms with Crippen molar-refractivity contribution < 1.29 is 4.79 Å². The number of hydrogen-bond acceptors (Lipinski definition) is 2. The molecule has 2 aliphatic rings. The van der Waals surface area contributed by atoms with Crippen molar-refractivity contribution in [3.8, 4) is 0 Å². The molecule has 0 aromatic carbocycles. The van der Waals surface area contributed by atoms with Crippen molar-refractivity contribution in [2.75, 3.05) is 32.7 Å². The highest BCUT2D eigenvalue weighted by atomic mass is 16.2. The fourth-order valence-electron chi connectivity index (χ4n) is 3.40. The predicted molar refractivity (Wildman–Crippen MR) is 82.8 cm³/mol. The summed E-state index contributed by atoms with van der Waals surface area (Å²) >= 11 is 0. The molecule has 0 saturated carbocycles. The summed E-state index contributed by atoms with van der Waals surface area (Å²) in [5, 5.41) is 3.17. The summed E-state index contributed by atoms with van der Waals surface area (Å²) in [7, 11) is 0. The molecule has 0 aromatic heterocycles. The van der Waals surface area contributed by atoms with Gasteiger partial charge in [-0.15, -0.1) is 0 Å². The second-order valence-electron chi connectivity index (χ2n) is 7.03. The highest BCUT2D eigenvalue weighted by molar-refractivity contribution is 5.74. The van der Waals surface area contributed by atoms with E-state index in [0.717, 1.165) is 44.3 Å². The highest BCUT2D eigenvalue weighted by Crippen LogP contribution is 2.17. The molecule has 2 amide bonds. The molecule has 2 rings (SSSR count). The fourth-order valence-corrected chi connectivity index (χ4v) is 3.40. The van der Waals surface area contributed by atoms with Gasteiger partial charge in [0.1, 0.15) is 0 Å². The van der Waals surface area contributed by atoms with E-state index in [0.29, 0.717) is 0 Å². The quantitative estimate of drug-likeness (QED) is 0.863. The molecule has 0 bridgehead atoms. The lowest BCUT2D eigenvalue weighted by molar-refractivity contribution is 0.153.